The van der Waals surface area contributed by atoms with Gasteiger partial charge in [-0.3, -0.25) is 14.3 Å². The van der Waals surface area contributed by atoms with E-state index in [4.69, 9.17) is 23.9 Å². The summed E-state index contributed by atoms with van der Waals surface area (Å²) in [5.74, 6) is -3.09. The Bertz CT molecular complexity index is 1380. The minimum Gasteiger partial charge on any atom is -0.365 e. The number of carbonyl (C=O) groups excluding carboxylic acids is 2. The van der Waals surface area contributed by atoms with E-state index in [1.165, 1.54) is 24.3 Å². The highest BCUT2D eigenvalue weighted by molar-refractivity contribution is 6.31. The Kier molecular flexibility index (Phi) is 6.49. The van der Waals surface area contributed by atoms with Crippen molar-refractivity contribution < 1.29 is 27.2 Å². The molecule has 0 saturated heterocycles. The van der Waals surface area contributed by atoms with E-state index in [1.807, 2.05) is 0 Å². The maximum Gasteiger partial charge on any atom is 0.262 e. The zero-order valence-corrected chi connectivity index (χ0v) is 18.6. The van der Waals surface area contributed by atoms with Gasteiger partial charge >= 0.3 is 0 Å². The second-order valence-electron chi connectivity index (χ2n) is 7.86. The third kappa shape index (κ3) is 4.57. The molecular weight excluding hydrogens is 490 g/mol. The fourth-order valence-corrected chi connectivity index (χ4v) is 4.14. The normalized spacial score (nSPS) is 15.1. The van der Waals surface area contributed by atoms with Gasteiger partial charge in [0.05, 0.1) is 35.8 Å². The Morgan fingerprint density at radius 1 is 1.20 bits per heavy atom. The van der Waals surface area contributed by atoms with E-state index in [2.05, 4.69) is 9.94 Å². The lowest BCUT2D eigenvalue weighted by Gasteiger charge is -2.34. The standard InChI is InChI=1S/C23H16ClF4N5O2/c1-30-16-5-2-11(6-15(16)26)7-19(34)32-9-17-20(23(29)35)21(12-3-4-14(25)13(24)8-12)31-33(17)18(10-32)22(27)28/h2-6,8,18,22H,7,9-10H2,(H2,29,35)/t18-/m1/s1. The highest BCUT2D eigenvalue weighted by Gasteiger charge is 2.38. The molecular formula is C23H16ClF4N5O2. The molecule has 1 aliphatic rings. The van der Waals surface area contributed by atoms with Crippen molar-refractivity contribution >= 4 is 29.1 Å². The number of primary amides is 1. The molecule has 180 valence electrons. The van der Waals surface area contributed by atoms with Crippen LogP contribution in [0.15, 0.2) is 36.4 Å². The van der Waals surface area contributed by atoms with E-state index in [-0.39, 0.29) is 51.8 Å². The summed E-state index contributed by atoms with van der Waals surface area (Å²) in [7, 11) is 0. The topological polar surface area (TPSA) is 85.6 Å². The van der Waals surface area contributed by atoms with E-state index >= 15 is 0 Å². The number of nitrogens with two attached hydrogens (primary N) is 1. The first-order valence-corrected chi connectivity index (χ1v) is 10.6. The highest BCUT2D eigenvalue weighted by Crippen LogP contribution is 2.35. The zero-order chi connectivity index (χ0) is 25.4. The predicted octanol–water partition coefficient (Wildman–Crippen LogP) is 4.52. The van der Waals surface area contributed by atoms with Gasteiger partial charge < -0.3 is 10.6 Å². The third-order valence-electron chi connectivity index (χ3n) is 5.64. The highest BCUT2D eigenvalue weighted by atomic mass is 35.5. The predicted molar refractivity (Wildman–Crippen MR) is 118 cm³/mol. The average molecular weight is 506 g/mol. The van der Waals surface area contributed by atoms with Crippen LogP contribution >= 0.6 is 11.6 Å². The number of amides is 2. The van der Waals surface area contributed by atoms with Crippen LogP contribution < -0.4 is 5.73 Å². The molecule has 7 nitrogen and oxygen atoms in total. The zero-order valence-electron chi connectivity index (χ0n) is 17.8. The summed E-state index contributed by atoms with van der Waals surface area (Å²) in [6.07, 6.45) is -3.27. The second-order valence-corrected chi connectivity index (χ2v) is 8.27. The summed E-state index contributed by atoms with van der Waals surface area (Å²) in [4.78, 5) is 29.4. The van der Waals surface area contributed by atoms with Crippen LogP contribution in [0.4, 0.5) is 23.2 Å². The van der Waals surface area contributed by atoms with E-state index in [1.54, 1.807) is 0 Å². The molecule has 1 aromatic heterocycles. The molecule has 0 bridgehead atoms. The summed E-state index contributed by atoms with van der Waals surface area (Å²) in [5.41, 5.74) is 5.52. The number of fused-ring (bicyclic) bond motifs is 1. The Labute approximate surface area is 201 Å². The molecule has 1 aliphatic heterocycles. The molecule has 2 aromatic carbocycles. The Balaban J connectivity index is 1.72. The van der Waals surface area contributed by atoms with Crippen molar-refractivity contribution in [2.75, 3.05) is 6.54 Å². The van der Waals surface area contributed by atoms with E-state index in [0.29, 0.717) is 0 Å². The van der Waals surface area contributed by atoms with Crippen molar-refractivity contribution in [3.8, 4) is 11.3 Å². The SMILES string of the molecule is [C-]#[N+]c1ccc(CC(=O)N2Cc3c(C(N)=O)c(-c4ccc(F)c(Cl)c4)nn3[C@@H](C(F)F)C2)cc1F. The minimum absolute atomic E-state index is 0.00705. The smallest absolute Gasteiger partial charge is 0.262 e. The molecule has 3 aromatic rings. The molecule has 2 heterocycles. The van der Waals surface area contributed by atoms with Gasteiger partial charge in [0.15, 0.2) is 0 Å². The summed E-state index contributed by atoms with van der Waals surface area (Å²) in [6.45, 7) is 6.22. The van der Waals surface area contributed by atoms with Gasteiger partial charge in [-0.25, -0.2) is 22.4 Å². The van der Waals surface area contributed by atoms with Gasteiger partial charge in [-0.1, -0.05) is 23.7 Å². The lowest BCUT2D eigenvalue weighted by atomic mass is 10.0. The van der Waals surface area contributed by atoms with Gasteiger partial charge in [-0.15, -0.1) is 0 Å². The molecule has 0 radical (unpaired) electrons. The minimum atomic E-state index is -2.95. The van der Waals surface area contributed by atoms with E-state index in [0.717, 1.165) is 21.7 Å². The molecule has 2 N–H and O–H groups in total. The first-order chi connectivity index (χ1) is 16.6. The number of carbonyl (C=O) groups is 2. The molecule has 0 fully saturated rings. The van der Waals surface area contributed by atoms with Gasteiger partial charge in [-0.2, -0.15) is 5.10 Å². The number of halogens is 5. The monoisotopic (exact) mass is 505 g/mol. The molecule has 0 unspecified atom stereocenters. The quantitative estimate of drug-likeness (QED) is 0.408. The summed E-state index contributed by atoms with van der Waals surface area (Å²) >= 11 is 5.83. The van der Waals surface area contributed by atoms with Gasteiger partial charge in [0.25, 0.3) is 12.3 Å². The maximum absolute atomic E-state index is 14.0. The first-order valence-electron chi connectivity index (χ1n) is 10.2. The van der Waals surface area contributed by atoms with Crippen LogP contribution in [0.25, 0.3) is 16.1 Å². The Morgan fingerprint density at radius 3 is 2.54 bits per heavy atom. The Morgan fingerprint density at radius 2 is 1.94 bits per heavy atom. The molecule has 35 heavy (non-hydrogen) atoms. The van der Waals surface area contributed by atoms with Crippen LogP contribution in [0.1, 0.15) is 27.7 Å². The van der Waals surface area contributed by atoms with Gasteiger partial charge in [-0.05, 0) is 29.8 Å². The molecule has 0 aliphatic carbocycles. The first kappa shape index (κ1) is 24.2. The lowest BCUT2D eigenvalue weighted by molar-refractivity contribution is -0.133. The molecule has 2 amide bonds. The van der Waals surface area contributed by atoms with Crippen molar-refractivity contribution in [1.82, 2.24) is 14.7 Å². The van der Waals surface area contributed by atoms with Crippen LogP contribution in [0, 0.1) is 18.2 Å². The van der Waals surface area contributed by atoms with Crippen LogP contribution in [-0.2, 0) is 17.8 Å². The van der Waals surface area contributed by atoms with Gasteiger partial charge in [0.2, 0.25) is 11.6 Å². The van der Waals surface area contributed by atoms with Crippen LogP contribution in [0.2, 0.25) is 5.02 Å². The van der Waals surface area contributed by atoms with Gasteiger partial charge in [0.1, 0.15) is 23.4 Å². The maximum atomic E-state index is 14.0. The van der Waals surface area contributed by atoms with E-state index < -0.39 is 42.5 Å². The number of benzene rings is 2. The number of nitrogens with zero attached hydrogens (tertiary/aromatic N) is 4. The number of hydrogen-bond donors (Lipinski definition) is 1. The van der Waals surface area contributed by atoms with Crippen LogP contribution in [-0.4, -0.2) is 39.5 Å². The van der Waals surface area contributed by atoms with Crippen LogP contribution in [0.5, 0.6) is 0 Å². The van der Waals surface area contributed by atoms with Crippen molar-refractivity contribution in [1.29, 1.82) is 0 Å². The Hall–Kier alpha value is -3.91. The fraction of sp³-hybridized carbons (Fsp3) is 0.217. The molecule has 0 saturated carbocycles. The number of alkyl halides is 2. The van der Waals surface area contributed by atoms with E-state index in [9.17, 15) is 27.2 Å². The van der Waals surface area contributed by atoms with Gasteiger partial charge in [0, 0.05) is 12.1 Å². The van der Waals surface area contributed by atoms with Crippen molar-refractivity contribution in [2.45, 2.75) is 25.4 Å². The van der Waals surface area contributed by atoms with Crippen LogP contribution in [0.3, 0.4) is 0 Å². The number of aromatic nitrogens is 2. The third-order valence-corrected chi connectivity index (χ3v) is 5.93. The summed E-state index contributed by atoms with van der Waals surface area (Å²) in [5, 5.41) is 3.90. The molecule has 1 atom stereocenters. The average Bonchev–Trinajstić information content (AvgIpc) is 3.20. The van der Waals surface area contributed by atoms with Crippen molar-refractivity contribution in [3.63, 3.8) is 0 Å². The lowest BCUT2D eigenvalue weighted by Crippen LogP contribution is -2.44. The number of rotatable bonds is 5. The number of hydrogen-bond acceptors (Lipinski definition) is 3. The summed E-state index contributed by atoms with van der Waals surface area (Å²) in [6, 6.07) is 5.59. The summed E-state index contributed by atoms with van der Waals surface area (Å²) < 4.78 is 56.5. The molecule has 12 heteroatoms. The van der Waals surface area contributed by atoms with Crippen molar-refractivity contribution in [3.05, 3.63) is 81.3 Å². The second kappa shape index (κ2) is 9.38. The molecule has 4 rings (SSSR count). The molecule has 0 spiro atoms. The van der Waals surface area contributed by atoms with Crippen molar-refractivity contribution in [2.24, 2.45) is 5.73 Å². The fourth-order valence-electron chi connectivity index (χ4n) is 3.96. The largest absolute Gasteiger partial charge is 0.365 e.